The van der Waals surface area contributed by atoms with Gasteiger partial charge in [0.2, 0.25) is 5.91 Å². The molecule has 0 unspecified atom stereocenters. The molecule has 1 fully saturated rings. The van der Waals surface area contributed by atoms with E-state index in [0.29, 0.717) is 6.42 Å². The minimum absolute atomic E-state index is 0.0757. The summed E-state index contributed by atoms with van der Waals surface area (Å²) in [5.74, 6) is 0.0757. The molecule has 2 aliphatic heterocycles. The Labute approximate surface area is 161 Å². The van der Waals surface area contributed by atoms with E-state index in [2.05, 4.69) is 63.5 Å². The van der Waals surface area contributed by atoms with Crippen LogP contribution in [0.1, 0.15) is 12.0 Å². The van der Waals surface area contributed by atoms with Crippen molar-refractivity contribution in [2.75, 3.05) is 61.4 Å². The molecule has 5 heteroatoms. The first kappa shape index (κ1) is 17.9. The number of para-hydroxylation sites is 1. The summed E-state index contributed by atoms with van der Waals surface area (Å²) >= 11 is 0. The van der Waals surface area contributed by atoms with E-state index in [1.165, 1.54) is 16.9 Å². The summed E-state index contributed by atoms with van der Waals surface area (Å²) in [4.78, 5) is 19.4. The summed E-state index contributed by atoms with van der Waals surface area (Å²) in [6.07, 6.45) is 1.58. The van der Waals surface area contributed by atoms with Crippen LogP contribution in [0.2, 0.25) is 0 Å². The van der Waals surface area contributed by atoms with Crippen molar-refractivity contribution in [3.63, 3.8) is 0 Å². The van der Waals surface area contributed by atoms with Crippen LogP contribution in [0, 0.1) is 0 Å². The Bertz CT molecular complexity index is 781. The molecule has 1 amide bonds. The van der Waals surface area contributed by atoms with Gasteiger partial charge in [0.25, 0.3) is 0 Å². The average Bonchev–Trinajstić information content (AvgIpc) is 3.11. The molecule has 27 heavy (non-hydrogen) atoms. The van der Waals surface area contributed by atoms with Crippen LogP contribution in [-0.4, -0.2) is 57.1 Å². The molecule has 1 N–H and O–H groups in total. The summed E-state index contributed by atoms with van der Waals surface area (Å²) in [5.41, 5.74) is 4.77. The maximum absolute atomic E-state index is 12.4. The Morgan fingerprint density at radius 1 is 0.963 bits per heavy atom. The van der Waals surface area contributed by atoms with Gasteiger partial charge in [-0.25, -0.2) is 0 Å². The van der Waals surface area contributed by atoms with Gasteiger partial charge in [0, 0.05) is 62.8 Å². The van der Waals surface area contributed by atoms with Crippen molar-refractivity contribution in [2.24, 2.45) is 0 Å². The second-order valence-corrected chi connectivity index (χ2v) is 7.50. The molecule has 0 spiro atoms. The maximum atomic E-state index is 12.4. The van der Waals surface area contributed by atoms with Crippen LogP contribution in [0.15, 0.2) is 48.5 Å². The zero-order valence-corrected chi connectivity index (χ0v) is 16.0. The highest BCUT2D eigenvalue weighted by Crippen LogP contribution is 2.27. The highest BCUT2D eigenvalue weighted by atomic mass is 16.1. The highest BCUT2D eigenvalue weighted by Gasteiger charge is 2.19. The van der Waals surface area contributed by atoms with Gasteiger partial charge in [0.1, 0.15) is 0 Å². The zero-order chi connectivity index (χ0) is 18.6. The third-order valence-electron chi connectivity index (χ3n) is 5.61. The molecule has 2 aliphatic rings. The van der Waals surface area contributed by atoms with E-state index in [1.807, 2.05) is 12.1 Å². The number of carbonyl (C=O) groups is 1. The molecule has 4 rings (SSSR count). The maximum Gasteiger partial charge on any atom is 0.226 e. The fourth-order valence-electron chi connectivity index (χ4n) is 3.92. The first-order valence-electron chi connectivity index (χ1n) is 9.85. The lowest BCUT2D eigenvalue weighted by molar-refractivity contribution is -0.116. The van der Waals surface area contributed by atoms with Gasteiger partial charge in [-0.05, 0) is 49.4 Å². The van der Waals surface area contributed by atoms with Crippen molar-refractivity contribution in [3.8, 4) is 0 Å². The minimum Gasteiger partial charge on any atom is -0.370 e. The van der Waals surface area contributed by atoms with Gasteiger partial charge >= 0.3 is 0 Å². The fraction of sp³-hybridized carbons (Fsp3) is 0.409. The number of fused-ring (bicyclic) bond motifs is 1. The van der Waals surface area contributed by atoms with Crippen LogP contribution in [0.5, 0.6) is 0 Å². The predicted molar refractivity (Wildman–Crippen MR) is 112 cm³/mol. The van der Waals surface area contributed by atoms with Gasteiger partial charge in [0.05, 0.1) is 0 Å². The van der Waals surface area contributed by atoms with Crippen LogP contribution in [0.25, 0.3) is 0 Å². The number of piperazine rings is 1. The normalized spacial score (nSPS) is 17.1. The molecule has 0 atom stereocenters. The number of nitrogens with one attached hydrogen (secondary N) is 1. The molecule has 0 aromatic heterocycles. The molecular weight excluding hydrogens is 336 g/mol. The number of anilines is 3. The smallest absolute Gasteiger partial charge is 0.226 e. The molecule has 2 aromatic carbocycles. The van der Waals surface area contributed by atoms with Crippen LogP contribution in [0.3, 0.4) is 0 Å². The largest absolute Gasteiger partial charge is 0.370 e. The molecule has 0 radical (unpaired) electrons. The number of likely N-dealkylation sites (N-methyl/N-ethyl adjacent to an activating group) is 1. The number of hydrogen-bond donors (Lipinski definition) is 1. The van der Waals surface area contributed by atoms with Crippen LogP contribution in [-0.2, 0) is 11.2 Å². The van der Waals surface area contributed by atoms with Crippen molar-refractivity contribution in [1.82, 2.24) is 4.90 Å². The molecule has 142 valence electrons. The van der Waals surface area contributed by atoms with Crippen LogP contribution < -0.4 is 15.1 Å². The molecule has 2 heterocycles. The molecule has 0 aliphatic carbocycles. The first-order chi connectivity index (χ1) is 13.2. The Kier molecular flexibility index (Phi) is 5.30. The van der Waals surface area contributed by atoms with Crippen molar-refractivity contribution in [3.05, 3.63) is 54.1 Å². The Morgan fingerprint density at radius 3 is 2.48 bits per heavy atom. The molecule has 5 nitrogen and oxygen atoms in total. The third-order valence-corrected chi connectivity index (χ3v) is 5.61. The third kappa shape index (κ3) is 4.25. The van der Waals surface area contributed by atoms with Crippen molar-refractivity contribution in [1.29, 1.82) is 0 Å². The number of hydrogen-bond acceptors (Lipinski definition) is 4. The fourth-order valence-corrected chi connectivity index (χ4v) is 3.92. The molecular formula is C22H28N4O. The zero-order valence-electron chi connectivity index (χ0n) is 16.0. The average molecular weight is 364 g/mol. The minimum atomic E-state index is 0.0757. The lowest BCUT2D eigenvalue weighted by atomic mass is 10.2. The monoisotopic (exact) mass is 364 g/mol. The summed E-state index contributed by atoms with van der Waals surface area (Å²) in [6.45, 7) is 6.07. The van der Waals surface area contributed by atoms with Gasteiger partial charge in [-0.15, -0.1) is 0 Å². The van der Waals surface area contributed by atoms with Gasteiger partial charge in [-0.1, -0.05) is 18.2 Å². The topological polar surface area (TPSA) is 38.8 Å². The Hall–Kier alpha value is -2.53. The van der Waals surface area contributed by atoms with E-state index in [9.17, 15) is 4.79 Å². The molecule has 0 bridgehead atoms. The summed E-state index contributed by atoms with van der Waals surface area (Å²) < 4.78 is 0. The second kappa shape index (κ2) is 8.01. The quantitative estimate of drug-likeness (QED) is 0.886. The lowest BCUT2D eigenvalue weighted by Crippen LogP contribution is -2.44. The number of amides is 1. The van der Waals surface area contributed by atoms with E-state index in [-0.39, 0.29) is 5.91 Å². The standard InChI is InChI=1S/C22H28N4O/c1-24-14-16-25(17-15-24)20-8-6-19(7-9-20)23-22(27)11-13-26-12-10-18-4-2-3-5-21(18)26/h2-9H,10-17H2,1H3,(H,23,27). The molecule has 1 saturated heterocycles. The van der Waals surface area contributed by atoms with E-state index < -0.39 is 0 Å². The van der Waals surface area contributed by atoms with E-state index >= 15 is 0 Å². The number of nitrogens with zero attached hydrogens (tertiary/aromatic N) is 3. The lowest BCUT2D eigenvalue weighted by Gasteiger charge is -2.34. The van der Waals surface area contributed by atoms with Crippen LogP contribution >= 0.6 is 0 Å². The van der Waals surface area contributed by atoms with E-state index in [0.717, 1.165) is 51.4 Å². The van der Waals surface area contributed by atoms with Crippen molar-refractivity contribution < 1.29 is 4.79 Å². The van der Waals surface area contributed by atoms with E-state index in [1.54, 1.807) is 0 Å². The number of benzene rings is 2. The Balaban J connectivity index is 1.27. The van der Waals surface area contributed by atoms with Crippen molar-refractivity contribution in [2.45, 2.75) is 12.8 Å². The predicted octanol–water partition coefficient (Wildman–Crippen LogP) is 2.83. The van der Waals surface area contributed by atoms with E-state index in [4.69, 9.17) is 0 Å². The first-order valence-corrected chi connectivity index (χ1v) is 9.85. The Morgan fingerprint density at radius 2 is 1.70 bits per heavy atom. The summed E-state index contributed by atoms with van der Waals surface area (Å²) in [6, 6.07) is 16.7. The summed E-state index contributed by atoms with van der Waals surface area (Å²) in [7, 11) is 2.16. The second-order valence-electron chi connectivity index (χ2n) is 7.50. The SMILES string of the molecule is CN1CCN(c2ccc(NC(=O)CCN3CCc4ccccc43)cc2)CC1. The molecule has 0 saturated carbocycles. The van der Waals surface area contributed by atoms with Gasteiger partial charge in [-0.2, -0.15) is 0 Å². The number of rotatable bonds is 5. The molecule has 2 aromatic rings. The highest BCUT2D eigenvalue weighted by molar-refractivity contribution is 5.91. The number of carbonyl (C=O) groups excluding carboxylic acids is 1. The summed E-state index contributed by atoms with van der Waals surface area (Å²) in [5, 5.41) is 3.03. The van der Waals surface area contributed by atoms with Gasteiger partial charge in [0.15, 0.2) is 0 Å². The van der Waals surface area contributed by atoms with Gasteiger partial charge in [-0.3, -0.25) is 4.79 Å². The van der Waals surface area contributed by atoms with Crippen LogP contribution in [0.4, 0.5) is 17.1 Å². The van der Waals surface area contributed by atoms with Crippen molar-refractivity contribution >= 4 is 23.0 Å². The van der Waals surface area contributed by atoms with Gasteiger partial charge < -0.3 is 20.0 Å².